The highest BCUT2D eigenvalue weighted by Gasteiger charge is 2.23. The topological polar surface area (TPSA) is 68.7 Å². The molecule has 0 saturated heterocycles. The second kappa shape index (κ2) is 8.02. The van der Waals surface area contributed by atoms with Crippen LogP contribution in [0.2, 0.25) is 0 Å². The van der Waals surface area contributed by atoms with Gasteiger partial charge >= 0.3 is 5.97 Å². The third kappa shape index (κ3) is 4.02. The van der Waals surface area contributed by atoms with Crippen LogP contribution in [0.25, 0.3) is 0 Å². The molecule has 1 aromatic carbocycles. The quantitative estimate of drug-likeness (QED) is 0.602. The summed E-state index contributed by atoms with van der Waals surface area (Å²) in [6, 6.07) is 11.6. The Morgan fingerprint density at radius 3 is 3.00 bits per heavy atom. The van der Waals surface area contributed by atoms with E-state index in [2.05, 4.69) is 18.0 Å². The highest BCUT2D eigenvalue weighted by Crippen LogP contribution is 2.40. The Morgan fingerprint density at radius 1 is 1.32 bits per heavy atom. The summed E-state index contributed by atoms with van der Waals surface area (Å²) in [6.45, 7) is 2.70. The molecule has 2 aromatic heterocycles. The van der Waals surface area contributed by atoms with E-state index in [9.17, 15) is 9.90 Å². The standard InChI is InChI=1S/C22H21NO4S/c1-14-2-7-21(28-14)27-17-5-6-18-15(9-11-26-20(18)12-17)3-4-16-13-23-10-8-19(16)22(24)25/h2,5-8,10,12-13,15H,3-4,9,11H2,1H3,(H,24,25). The number of aromatic nitrogens is 1. The number of nitrogens with zero attached hydrogens (tertiary/aromatic N) is 1. The Labute approximate surface area is 167 Å². The maximum Gasteiger partial charge on any atom is 0.336 e. The molecule has 0 aliphatic carbocycles. The summed E-state index contributed by atoms with van der Waals surface area (Å²) in [5.41, 5.74) is 2.26. The van der Waals surface area contributed by atoms with Crippen LogP contribution in [0.3, 0.4) is 0 Å². The first-order chi connectivity index (χ1) is 13.6. The third-order valence-electron chi connectivity index (χ3n) is 4.98. The van der Waals surface area contributed by atoms with E-state index in [1.165, 1.54) is 11.1 Å². The summed E-state index contributed by atoms with van der Waals surface area (Å²) in [6.07, 6.45) is 5.62. The van der Waals surface area contributed by atoms with Gasteiger partial charge in [-0.25, -0.2) is 4.79 Å². The Kier molecular flexibility index (Phi) is 5.30. The minimum Gasteiger partial charge on any atom is -0.493 e. The van der Waals surface area contributed by atoms with Gasteiger partial charge in [0.2, 0.25) is 0 Å². The normalized spacial score (nSPS) is 15.5. The fraction of sp³-hybridized carbons (Fsp3) is 0.273. The van der Waals surface area contributed by atoms with Gasteiger partial charge in [0.05, 0.1) is 12.2 Å². The number of thiophene rings is 1. The first-order valence-electron chi connectivity index (χ1n) is 9.27. The second-order valence-electron chi connectivity index (χ2n) is 6.88. The minimum atomic E-state index is -0.907. The molecular weight excluding hydrogens is 374 g/mol. The number of carboxylic acid groups (broad SMARTS) is 1. The molecule has 6 heteroatoms. The number of fused-ring (bicyclic) bond motifs is 1. The molecule has 4 rings (SSSR count). The van der Waals surface area contributed by atoms with Gasteiger partial charge in [-0.2, -0.15) is 0 Å². The molecule has 0 spiro atoms. The van der Waals surface area contributed by atoms with Crippen molar-refractivity contribution in [2.24, 2.45) is 0 Å². The van der Waals surface area contributed by atoms with Gasteiger partial charge in [0, 0.05) is 23.3 Å². The van der Waals surface area contributed by atoms with E-state index < -0.39 is 5.97 Å². The molecule has 3 aromatic rings. The zero-order chi connectivity index (χ0) is 19.5. The molecule has 1 aliphatic rings. The van der Waals surface area contributed by atoms with Gasteiger partial charge in [-0.15, -0.1) is 11.3 Å². The van der Waals surface area contributed by atoms with Crippen molar-refractivity contribution in [3.05, 3.63) is 70.4 Å². The average molecular weight is 395 g/mol. The number of carbonyl (C=O) groups is 1. The van der Waals surface area contributed by atoms with E-state index in [4.69, 9.17) is 9.47 Å². The van der Waals surface area contributed by atoms with Crippen molar-refractivity contribution in [3.63, 3.8) is 0 Å². The SMILES string of the molecule is Cc1ccc(Oc2ccc3c(c2)OCCC3CCc2cnccc2C(=O)O)s1. The Balaban J connectivity index is 1.49. The number of hydrogen-bond donors (Lipinski definition) is 1. The molecule has 28 heavy (non-hydrogen) atoms. The minimum absolute atomic E-state index is 0.323. The Morgan fingerprint density at radius 2 is 2.21 bits per heavy atom. The van der Waals surface area contributed by atoms with Crippen molar-refractivity contribution < 1.29 is 19.4 Å². The first kappa shape index (κ1) is 18.5. The number of benzene rings is 1. The Hall–Kier alpha value is -2.86. The Bertz CT molecular complexity index is 998. The summed E-state index contributed by atoms with van der Waals surface area (Å²) < 4.78 is 11.8. The molecule has 0 fully saturated rings. The summed E-state index contributed by atoms with van der Waals surface area (Å²) in [5.74, 6) is 1.03. The van der Waals surface area contributed by atoms with E-state index >= 15 is 0 Å². The number of aromatic carboxylic acids is 1. The van der Waals surface area contributed by atoms with E-state index in [0.29, 0.717) is 24.5 Å². The van der Waals surface area contributed by atoms with Crippen molar-refractivity contribution in [1.29, 1.82) is 0 Å². The molecule has 1 N–H and O–H groups in total. The molecular formula is C22H21NO4S. The van der Waals surface area contributed by atoms with Crippen LogP contribution in [-0.4, -0.2) is 22.7 Å². The number of ether oxygens (including phenoxy) is 2. The van der Waals surface area contributed by atoms with Crippen LogP contribution in [0.5, 0.6) is 16.6 Å². The lowest BCUT2D eigenvalue weighted by Gasteiger charge is -2.26. The molecule has 0 saturated carbocycles. The van der Waals surface area contributed by atoms with Crippen LogP contribution in [-0.2, 0) is 6.42 Å². The van der Waals surface area contributed by atoms with E-state index in [-0.39, 0.29) is 0 Å². The van der Waals surface area contributed by atoms with Crippen LogP contribution in [0.1, 0.15) is 45.1 Å². The highest BCUT2D eigenvalue weighted by molar-refractivity contribution is 7.13. The number of rotatable bonds is 6. The molecule has 0 radical (unpaired) electrons. The lowest BCUT2D eigenvalue weighted by atomic mass is 9.87. The van der Waals surface area contributed by atoms with Crippen LogP contribution in [0.15, 0.2) is 48.8 Å². The predicted molar refractivity (Wildman–Crippen MR) is 108 cm³/mol. The van der Waals surface area contributed by atoms with Crippen LogP contribution < -0.4 is 9.47 Å². The van der Waals surface area contributed by atoms with Crippen molar-refractivity contribution in [2.75, 3.05) is 6.61 Å². The molecule has 1 aliphatic heterocycles. The van der Waals surface area contributed by atoms with E-state index in [0.717, 1.165) is 40.5 Å². The fourth-order valence-corrected chi connectivity index (χ4v) is 4.28. The van der Waals surface area contributed by atoms with Crippen LogP contribution in [0.4, 0.5) is 0 Å². The van der Waals surface area contributed by atoms with Gasteiger partial charge < -0.3 is 14.6 Å². The van der Waals surface area contributed by atoms with Crippen molar-refractivity contribution >= 4 is 17.3 Å². The number of carboxylic acids is 1. The maximum absolute atomic E-state index is 11.4. The summed E-state index contributed by atoms with van der Waals surface area (Å²) >= 11 is 1.61. The van der Waals surface area contributed by atoms with Crippen LogP contribution >= 0.6 is 11.3 Å². The van der Waals surface area contributed by atoms with Gasteiger partial charge in [-0.3, -0.25) is 4.98 Å². The van der Waals surface area contributed by atoms with E-state index in [1.54, 1.807) is 23.6 Å². The lowest BCUT2D eigenvalue weighted by Crippen LogP contribution is -2.15. The zero-order valence-corrected chi connectivity index (χ0v) is 16.4. The molecule has 0 amide bonds. The monoisotopic (exact) mass is 395 g/mol. The fourth-order valence-electron chi connectivity index (χ4n) is 3.55. The van der Waals surface area contributed by atoms with Gasteiger partial charge in [0.25, 0.3) is 0 Å². The maximum atomic E-state index is 11.4. The molecule has 5 nitrogen and oxygen atoms in total. The number of aryl methyl sites for hydroxylation is 2. The molecule has 1 atom stereocenters. The van der Waals surface area contributed by atoms with E-state index in [1.807, 2.05) is 24.3 Å². The first-order valence-corrected chi connectivity index (χ1v) is 10.1. The third-order valence-corrected chi connectivity index (χ3v) is 5.86. The summed E-state index contributed by atoms with van der Waals surface area (Å²) in [4.78, 5) is 16.7. The zero-order valence-electron chi connectivity index (χ0n) is 15.6. The van der Waals surface area contributed by atoms with Gasteiger partial charge in [-0.1, -0.05) is 6.07 Å². The van der Waals surface area contributed by atoms with Crippen LogP contribution in [0, 0.1) is 6.92 Å². The average Bonchev–Trinajstić information content (AvgIpc) is 3.10. The molecule has 144 valence electrons. The molecule has 0 bridgehead atoms. The summed E-state index contributed by atoms with van der Waals surface area (Å²) in [5, 5.41) is 10.2. The highest BCUT2D eigenvalue weighted by atomic mass is 32.1. The van der Waals surface area contributed by atoms with Crippen molar-refractivity contribution in [2.45, 2.75) is 32.1 Å². The molecule has 3 heterocycles. The molecule has 1 unspecified atom stereocenters. The lowest BCUT2D eigenvalue weighted by molar-refractivity contribution is 0.0695. The number of hydrogen-bond acceptors (Lipinski definition) is 5. The van der Waals surface area contributed by atoms with Gasteiger partial charge in [0.1, 0.15) is 11.5 Å². The smallest absolute Gasteiger partial charge is 0.336 e. The van der Waals surface area contributed by atoms with Gasteiger partial charge in [0.15, 0.2) is 5.06 Å². The van der Waals surface area contributed by atoms with Gasteiger partial charge in [-0.05, 0) is 67.5 Å². The second-order valence-corrected chi connectivity index (χ2v) is 8.13. The number of pyridine rings is 1. The predicted octanol–water partition coefficient (Wildman–Crippen LogP) is 5.44. The largest absolute Gasteiger partial charge is 0.493 e. The summed E-state index contributed by atoms with van der Waals surface area (Å²) in [7, 11) is 0. The van der Waals surface area contributed by atoms with Crippen molar-refractivity contribution in [3.8, 4) is 16.6 Å². The van der Waals surface area contributed by atoms with Crippen molar-refractivity contribution in [1.82, 2.24) is 4.98 Å².